The van der Waals surface area contributed by atoms with Crippen LogP contribution in [0.1, 0.15) is 10.5 Å². The van der Waals surface area contributed by atoms with Gasteiger partial charge in [0.05, 0.1) is 0 Å². The van der Waals surface area contributed by atoms with E-state index in [0.717, 1.165) is 50.8 Å². The minimum absolute atomic E-state index is 0.0388. The summed E-state index contributed by atoms with van der Waals surface area (Å²) in [7, 11) is 2.12. The molecule has 1 amide bonds. The third kappa shape index (κ3) is 4.01. The Hall–Kier alpha value is -2.87. The summed E-state index contributed by atoms with van der Waals surface area (Å²) in [5.74, 6) is 1.05. The van der Waals surface area contributed by atoms with Crippen LogP contribution in [0.2, 0.25) is 0 Å². The summed E-state index contributed by atoms with van der Waals surface area (Å²) in [6, 6.07) is 9.00. The maximum atomic E-state index is 12.9. The van der Waals surface area contributed by atoms with Gasteiger partial charge in [-0.25, -0.2) is 9.97 Å². The molecule has 2 aliphatic heterocycles. The van der Waals surface area contributed by atoms with Crippen molar-refractivity contribution in [3.63, 3.8) is 0 Å². The molecule has 0 aliphatic carbocycles. The van der Waals surface area contributed by atoms with Gasteiger partial charge in [-0.15, -0.1) is 0 Å². The fourth-order valence-corrected chi connectivity index (χ4v) is 3.67. The number of amides is 1. The molecule has 2 fully saturated rings. The van der Waals surface area contributed by atoms with E-state index >= 15 is 0 Å². The summed E-state index contributed by atoms with van der Waals surface area (Å²) in [5.41, 5.74) is 1.52. The quantitative estimate of drug-likeness (QED) is 0.845. The molecular weight excluding hydrogens is 356 g/mol. The summed E-state index contributed by atoms with van der Waals surface area (Å²) in [5, 5.41) is 9.44. The van der Waals surface area contributed by atoms with Crippen molar-refractivity contribution in [1.82, 2.24) is 19.8 Å². The van der Waals surface area contributed by atoms with Crippen LogP contribution in [0.15, 0.2) is 36.7 Å². The van der Waals surface area contributed by atoms with Gasteiger partial charge in [-0.1, -0.05) is 0 Å². The molecule has 2 saturated heterocycles. The number of hydrogen-bond acceptors (Lipinski definition) is 7. The minimum atomic E-state index is -0.0388. The number of carbonyl (C=O) groups is 1. The molecule has 0 spiro atoms. The molecule has 0 saturated carbocycles. The van der Waals surface area contributed by atoms with Gasteiger partial charge in [-0.2, -0.15) is 0 Å². The highest BCUT2D eigenvalue weighted by Crippen LogP contribution is 2.21. The third-order valence-corrected chi connectivity index (χ3v) is 5.48. The summed E-state index contributed by atoms with van der Waals surface area (Å²) >= 11 is 0. The fourth-order valence-electron chi connectivity index (χ4n) is 3.67. The maximum Gasteiger partial charge on any atom is 0.272 e. The molecule has 4 rings (SSSR count). The zero-order valence-corrected chi connectivity index (χ0v) is 16.2. The summed E-state index contributed by atoms with van der Waals surface area (Å²) in [6.07, 6.45) is 1.49. The van der Waals surface area contributed by atoms with Crippen molar-refractivity contribution in [2.45, 2.75) is 0 Å². The van der Waals surface area contributed by atoms with E-state index in [2.05, 4.69) is 31.7 Å². The van der Waals surface area contributed by atoms with E-state index in [1.165, 1.54) is 6.33 Å². The molecule has 0 unspecified atom stereocenters. The number of carbonyl (C=O) groups excluding carboxylic acids is 1. The standard InChI is InChI=1S/C20H26N6O2/c1-23-6-8-25(9-7-23)19-14-18(21-15-22-19)20(28)26-12-10-24(11-13-26)16-2-4-17(27)5-3-16/h2-5,14-15,27H,6-13H2,1H3. The number of piperazine rings is 2. The predicted octanol–water partition coefficient (Wildman–Crippen LogP) is 0.896. The second-order valence-electron chi connectivity index (χ2n) is 7.35. The normalized spacial score (nSPS) is 18.4. The molecule has 1 aromatic heterocycles. The summed E-state index contributed by atoms with van der Waals surface area (Å²) in [4.78, 5) is 30.1. The van der Waals surface area contributed by atoms with Crippen molar-refractivity contribution < 1.29 is 9.90 Å². The Bertz CT molecular complexity index is 812. The van der Waals surface area contributed by atoms with Crippen LogP contribution >= 0.6 is 0 Å². The Morgan fingerprint density at radius 3 is 2.21 bits per heavy atom. The Morgan fingerprint density at radius 1 is 0.893 bits per heavy atom. The van der Waals surface area contributed by atoms with Crippen molar-refractivity contribution in [2.24, 2.45) is 0 Å². The number of phenols is 1. The van der Waals surface area contributed by atoms with Crippen LogP contribution in [0.5, 0.6) is 5.75 Å². The van der Waals surface area contributed by atoms with Crippen LogP contribution in [0.25, 0.3) is 0 Å². The molecule has 8 heteroatoms. The molecule has 2 aliphatic rings. The molecule has 148 valence electrons. The summed E-state index contributed by atoms with van der Waals surface area (Å²) < 4.78 is 0. The molecule has 1 N–H and O–H groups in total. The van der Waals surface area contributed by atoms with Gasteiger partial charge in [0.1, 0.15) is 23.6 Å². The molecule has 28 heavy (non-hydrogen) atoms. The van der Waals surface area contributed by atoms with Gasteiger partial charge in [-0.3, -0.25) is 4.79 Å². The number of phenolic OH excluding ortho intramolecular Hbond substituents is 1. The van der Waals surface area contributed by atoms with Crippen LogP contribution in [-0.2, 0) is 0 Å². The zero-order valence-electron chi connectivity index (χ0n) is 16.2. The largest absolute Gasteiger partial charge is 0.508 e. The molecule has 1 aromatic carbocycles. The maximum absolute atomic E-state index is 12.9. The smallest absolute Gasteiger partial charge is 0.272 e. The second-order valence-corrected chi connectivity index (χ2v) is 7.35. The highest BCUT2D eigenvalue weighted by Gasteiger charge is 2.24. The van der Waals surface area contributed by atoms with Crippen molar-refractivity contribution in [2.75, 3.05) is 69.2 Å². The van der Waals surface area contributed by atoms with E-state index in [0.29, 0.717) is 18.8 Å². The lowest BCUT2D eigenvalue weighted by Gasteiger charge is -2.36. The molecule has 0 bridgehead atoms. The number of hydrogen-bond donors (Lipinski definition) is 1. The number of aromatic nitrogens is 2. The Balaban J connectivity index is 1.38. The lowest BCUT2D eigenvalue weighted by atomic mass is 10.2. The number of rotatable bonds is 3. The van der Waals surface area contributed by atoms with Crippen LogP contribution in [0.4, 0.5) is 11.5 Å². The van der Waals surface area contributed by atoms with Crippen molar-refractivity contribution in [3.05, 3.63) is 42.4 Å². The van der Waals surface area contributed by atoms with E-state index in [1.54, 1.807) is 12.1 Å². The van der Waals surface area contributed by atoms with Crippen LogP contribution in [0.3, 0.4) is 0 Å². The predicted molar refractivity (Wildman–Crippen MR) is 108 cm³/mol. The van der Waals surface area contributed by atoms with E-state index in [1.807, 2.05) is 23.1 Å². The van der Waals surface area contributed by atoms with E-state index in [4.69, 9.17) is 0 Å². The molecule has 2 aromatic rings. The van der Waals surface area contributed by atoms with Gasteiger partial charge in [0.25, 0.3) is 5.91 Å². The highest BCUT2D eigenvalue weighted by molar-refractivity contribution is 5.93. The lowest BCUT2D eigenvalue weighted by Crippen LogP contribution is -2.49. The molecule has 3 heterocycles. The number of likely N-dealkylation sites (N-methyl/N-ethyl adjacent to an activating group) is 1. The monoisotopic (exact) mass is 382 g/mol. The molecule has 0 atom stereocenters. The van der Waals surface area contributed by atoms with Gasteiger partial charge in [0.15, 0.2) is 0 Å². The summed E-state index contributed by atoms with van der Waals surface area (Å²) in [6.45, 7) is 6.61. The topological polar surface area (TPSA) is 76.0 Å². The van der Waals surface area contributed by atoms with Crippen LogP contribution in [0, 0.1) is 0 Å². The average molecular weight is 382 g/mol. The first-order valence-electron chi connectivity index (χ1n) is 9.69. The number of benzene rings is 1. The first kappa shape index (κ1) is 18.5. The first-order valence-corrected chi connectivity index (χ1v) is 9.69. The number of aromatic hydroxyl groups is 1. The Labute approximate surface area is 165 Å². The Kier molecular flexibility index (Phi) is 5.29. The van der Waals surface area contributed by atoms with E-state index in [9.17, 15) is 9.90 Å². The molecule has 8 nitrogen and oxygen atoms in total. The van der Waals surface area contributed by atoms with Gasteiger partial charge in [0.2, 0.25) is 0 Å². The van der Waals surface area contributed by atoms with Crippen LogP contribution < -0.4 is 9.80 Å². The molecule has 0 radical (unpaired) electrons. The SMILES string of the molecule is CN1CCN(c2cc(C(=O)N3CCN(c4ccc(O)cc4)CC3)ncn2)CC1. The zero-order chi connectivity index (χ0) is 19.5. The highest BCUT2D eigenvalue weighted by atomic mass is 16.3. The second kappa shape index (κ2) is 8.02. The Morgan fingerprint density at radius 2 is 1.54 bits per heavy atom. The van der Waals surface area contributed by atoms with Crippen molar-refractivity contribution in [3.8, 4) is 5.75 Å². The number of anilines is 2. The minimum Gasteiger partial charge on any atom is -0.508 e. The van der Waals surface area contributed by atoms with Gasteiger partial charge in [0, 0.05) is 64.1 Å². The van der Waals surface area contributed by atoms with E-state index in [-0.39, 0.29) is 11.7 Å². The third-order valence-electron chi connectivity index (χ3n) is 5.48. The fraction of sp³-hybridized carbons (Fsp3) is 0.450. The van der Waals surface area contributed by atoms with Gasteiger partial charge >= 0.3 is 0 Å². The van der Waals surface area contributed by atoms with Crippen LogP contribution in [-0.4, -0.2) is 90.2 Å². The van der Waals surface area contributed by atoms with Gasteiger partial charge in [-0.05, 0) is 31.3 Å². The first-order chi connectivity index (χ1) is 13.6. The average Bonchev–Trinajstić information content (AvgIpc) is 2.74. The van der Waals surface area contributed by atoms with E-state index < -0.39 is 0 Å². The van der Waals surface area contributed by atoms with Crippen molar-refractivity contribution >= 4 is 17.4 Å². The van der Waals surface area contributed by atoms with Crippen molar-refractivity contribution in [1.29, 1.82) is 0 Å². The lowest BCUT2D eigenvalue weighted by molar-refractivity contribution is 0.0740. The number of nitrogens with zero attached hydrogens (tertiary/aromatic N) is 6. The molecular formula is C20H26N6O2. The van der Waals surface area contributed by atoms with Gasteiger partial charge < -0.3 is 24.7 Å².